The van der Waals surface area contributed by atoms with E-state index in [1.165, 1.54) is 11.8 Å². The number of amidine groups is 1. The van der Waals surface area contributed by atoms with Crippen molar-refractivity contribution in [3.63, 3.8) is 0 Å². The Labute approximate surface area is 200 Å². The molecule has 0 aliphatic carbocycles. The number of nitrogens with zero attached hydrogens (tertiary/aromatic N) is 2. The van der Waals surface area contributed by atoms with Crippen LogP contribution in [0, 0.1) is 0 Å². The number of methoxy groups -OCH3 is 2. The van der Waals surface area contributed by atoms with Crippen molar-refractivity contribution in [3.05, 3.63) is 70.9 Å². The molecule has 2 heterocycles. The van der Waals surface area contributed by atoms with E-state index in [0.29, 0.717) is 28.8 Å². The summed E-state index contributed by atoms with van der Waals surface area (Å²) < 4.78 is 10.4. The third-order valence-electron chi connectivity index (χ3n) is 4.96. The zero-order chi connectivity index (χ0) is 23.2. The van der Waals surface area contributed by atoms with Crippen LogP contribution in [0.3, 0.4) is 0 Å². The van der Waals surface area contributed by atoms with Crippen LogP contribution in [0.15, 0.2) is 71.0 Å². The number of carbonyl (C=O) groups excluding carboxylic acids is 2. The molecule has 1 aliphatic rings. The largest absolute Gasteiger partial charge is 0.497 e. The summed E-state index contributed by atoms with van der Waals surface area (Å²) >= 11 is 2.87. The molecule has 3 aromatic rings. The van der Waals surface area contributed by atoms with E-state index in [-0.39, 0.29) is 18.2 Å². The highest BCUT2D eigenvalue weighted by Gasteiger charge is 2.36. The fourth-order valence-corrected chi connectivity index (χ4v) is 5.04. The highest BCUT2D eigenvalue weighted by atomic mass is 32.2. The highest BCUT2D eigenvalue weighted by molar-refractivity contribution is 8.15. The zero-order valence-electron chi connectivity index (χ0n) is 18.2. The fraction of sp³-hybridized carbons (Fsp3) is 0.208. The van der Waals surface area contributed by atoms with Crippen LogP contribution in [-0.2, 0) is 16.1 Å². The molecule has 4 rings (SSSR count). The summed E-state index contributed by atoms with van der Waals surface area (Å²) in [7, 11) is 3.17. The van der Waals surface area contributed by atoms with Gasteiger partial charge in [0.05, 0.1) is 26.5 Å². The Bertz CT molecular complexity index is 1150. The molecule has 1 saturated heterocycles. The smallest absolute Gasteiger partial charge is 0.238 e. The third-order valence-corrected chi connectivity index (χ3v) is 7.01. The van der Waals surface area contributed by atoms with Crippen molar-refractivity contribution in [3.8, 4) is 11.5 Å². The highest BCUT2D eigenvalue weighted by Crippen LogP contribution is 2.32. The van der Waals surface area contributed by atoms with Gasteiger partial charge in [-0.05, 0) is 47.8 Å². The summed E-state index contributed by atoms with van der Waals surface area (Å²) in [6, 6.07) is 18.3. The van der Waals surface area contributed by atoms with Gasteiger partial charge in [-0.15, -0.1) is 11.3 Å². The van der Waals surface area contributed by atoms with Gasteiger partial charge in [0.15, 0.2) is 5.17 Å². The monoisotopic (exact) mass is 481 g/mol. The van der Waals surface area contributed by atoms with Gasteiger partial charge in [-0.2, -0.15) is 0 Å². The minimum Gasteiger partial charge on any atom is -0.497 e. The van der Waals surface area contributed by atoms with Gasteiger partial charge in [0.2, 0.25) is 11.8 Å². The molecule has 1 N–H and O–H groups in total. The maximum Gasteiger partial charge on any atom is 0.238 e. The van der Waals surface area contributed by atoms with Crippen molar-refractivity contribution in [2.45, 2.75) is 18.2 Å². The van der Waals surface area contributed by atoms with Crippen LogP contribution in [0.1, 0.15) is 11.3 Å². The van der Waals surface area contributed by atoms with Gasteiger partial charge in [-0.3, -0.25) is 14.5 Å². The molecule has 2 aromatic carbocycles. The van der Waals surface area contributed by atoms with E-state index >= 15 is 0 Å². The number of hydrogen-bond donors (Lipinski definition) is 1. The van der Waals surface area contributed by atoms with Gasteiger partial charge in [0.25, 0.3) is 0 Å². The number of thiophene rings is 1. The molecule has 33 heavy (non-hydrogen) atoms. The van der Waals surface area contributed by atoms with Crippen LogP contribution < -0.4 is 14.8 Å². The van der Waals surface area contributed by atoms with Crippen molar-refractivity contribution < 1.29 is 19.1 Å². The third kappa shape index (κ3) is 5.74. The molecule has 7 nitrogen and oxygen atoms in total. The van der Waals surface area contributed by atoms with E-state index in [1.807, 2.05) is 41.8 Å². The number of benzene rings is 2. The van der Waals surface area contributed by atoms with E-state index in [0.717, 1.165) is 10.6 Å². The summed E-state index contributed by atoms with van der Waals surface area (Å²) in [5.74, 6) is 0.973. The minimum absolute atomic E-state index is 0.0908. The molecule has 0 bridgehead atoms. The fourth-order valence-electron chi connectivity index (χ4n) is 3.25. The SMILES string of the molecule is COc1ccc(N=C2SC(C(=O)Nc3cccc(OC)c3)CC(=O)N2Cc2cccs2)cc1. The standard InChI is InChI=1S/C24H23N3O4S2/c1-30-18-10-8-16(9-11-18)26-24-27(15-20-7-4-12-32-20)22(28)14-21(33-24)23(29)25-17-5-3-6-19(13-17)31-2/h3-13,21H,14-15H2,1-2H3,(H,25,29). The number of amides is 2. The van der Waals surface area contributed by atoms with Gasteiger partial charge in [0.1, 0.15) is 16.7 Å². The van der Waals surface area contributed by atoms with Gasteiger partial charge in [0, 0.05) is 23.1 Å². The van der Waals surface area contributed by atoms with Gasteiger partial charge < -0.3 is 14.8 Å². The number of thioether (sulfide) groups is 1. The first-order chi connectivity index (χ1) is 16.1. The lowest BCUT2D eigenvalue weighted by atomic mass is 10.2. The van der Waals surface area contributed by atoms with Crippen molar-refractivity contribution in [1.29, 1.82) is 0 Å². The van der Waals surface area contributed by atoms with Crippen molar-refractivity contribution in [1.82, 2.24) is 4.90 Å². The molecule has 1 aromatic heterocycles. The van der Waals surface area contributed by atoms with E-state index in [4.69, 9.17) is 14.5 Å². The maximum atomic E-state index is 13.1. The number of aliphatic imine (C=N–C) groups is 1. The van der Waals surface area contributed by atoms with Gasteiger partial charge in [-0.1, -0.05) is 23.9 Å². The molecule has 1 atom stereocenters. The summed E-state index contributed by atoms with van der Waals surface area (Å²) in [6.07, 6.45) is 0.0908. The first-order valence-electron chi connectivity index (χ1n) is 10.2. The summed E-state index contributed by atoms with van der Waals surface area (Å²) in [5.41, 5.74) is 1.29. The van der Waals surface area contributed by atoms with Crippen molar-refractivity contribution in [2.75, 3.05) is 19.5 Å². The van der Waals surface area contributed by atoms with E-state index < -0.39 is 5.25 Å². The van der Waals surface area contributed by atoms with Crippen LogP contribution in [0.2, 0.25) is 0 Å². The number of nitrogens with one attached hydrogen (secondary N) is 1. The quantitative estimate of drug-likeness (QED) is 0.518. The van der Waals surface area contributed by atoms with Crippen LogP contribution in [0.25, 0.3) is 0 Å². The molecule has 0 radical (unpaired) electrons. The number of carbonyl (C=O) groups is 2. The Morgan fingerprint density at radius 3 is 2.58 bits per heavy atom. The molecule has 1 unspecified atom stereocenters. The molecule has 0 saturated carbocycles. The Morgan fingerprint density at radius 2 is 1.88 bits per heavy atom. The average molecular weight is 482 g/mol. The van der Waals surface area contributed by atoms with E-state index in [9.17, 15) is 9.59 Å². The van der Waals surface area contributed by atoms with Crippen molar-refractivity contribution >= 4 is 51.5 Å². The molecular weight excluding hydrogens is 458 g/mol. The lowest BCUT2D eigenvalue weighted by Crippen LogP contribution is -2.44. The van der Waals surface area contributed by atoms with Gasteiger partial charge in [-0.25, -0.2) is 4.99 Å². The molecular formula is C24H23N3O4S2. The van der Waals surface area contributed by atoms with E-state index in [1.54, 1.807) is 54.7 Å². The molecule has 170 valence electrons. The summed E-state index contributed by atoms with van der Waals surface area (Å²) in [4.78, 5) is 33.5. The second-order valence-electron chi connectivity index (χ2n) is 7.18. The Morgan fingerprint density at radius 1 is 1.09 bits per heavy atom. The second kappa shape index (κ2) is 10.5. The zero-order valence-corrected chi connectivity index (χ0v) is 19.8. The summed E-state index contributed by atoms with van der Waals surface area (Å²) in [5, 5.41) is 4.76. The second-order valence-corrected chi connectivity index (χ2v) is 9.39. The number of hydrogen-bond acceptors (Lipinski definition) is 7. The number of anilines is 1. The van der Waals surface area contributed by atoms with Crippen LogP contribution in [0.4, 0.5) is 11.4 Å². The molecule has 0 spiro atoms. The molecule has 1 fully saturated rings. The Kier molecular flexibility index (Phi) is 7.31. The Hall–Kier alpha value is -3.30. The van der Waals surface area contributed by atoms with E-state index in [2.05, 4.69) is 5.32 Å². The number of ether oxygens (including phenoxy) is 2. The Balaban J connectivity index is 1.57. The lowest BCUT2D eigenvalue weighted by molar-refractivity contribution is -0.129. The normalized spacial score (nSPS) is 17.2. The topological polar surface area (TPSA) is 80.2 Å². The average Bonchev–Trinajstić information content (AvgIpc) is 3.35. The first-order valence-corrected chi connectivity index (χ1v) is 12.0. The van der Waals surface area contributed by atoms with Crippen LogP contribution in [0.5, 0.6) is 11.5 Å². The molecule has 1 aliphatic heterocycles. The predicted octanol–water partition coefficient (Wildman–Crippen LogP) is 4.93. The first kappa shape index (κ1) is 22.9. The van der Waals surface area contributed by atoms with Gasteiger partial charge >= 0.3 is 0 Å². The number of rotatable bonds is 7. The van der Waals surface area contributed by atoms with Crippen LogP contribution in [-0.4, -0.2) is 41.4 Å². The van der Waals surface area contributed by atoms with Crippen molar-refractivity contribution in [2.24, 2.45) is 4.99 Å². The minimum atomic E-state index is -0.597. The summed E-state index contributed by atoms with van der Waals surface area (Å²) in [6.45, 7) is 0.419. The maximum absolute atomic E-state index is 13.1. The molecule has 2 amide bonds. The molecule has 9 heteroatoms. The van der Waals surface area contributed by atoms with Crippen LogP contribution >= 0.6 is 23.1 Å². The lowest BCUT2D eigenvalue weighted by Gasteiger charge is -2.31. The predicted molar refractivity (Wildman–Crippen MR) is 133 cm³/mol.